The number of pyridine rings is 1. The summed E-state index contributed by atoms with van der Waals surface area (Å²) in [6.45, 7) is 7.84. The van der Waals surface area contributed by atoms with Crippen LogP contribution in [-0.4, -0.2) is 53.8 Å². The summed E-state index contributed by atoms with van der Waals surface area (Å²) in [4.78, 5) is 18.8. The van der Waals surface area contributed by atoms with Crippen molar-refractivity contribution in [3.05, 3.63) is 94.1 Å². The predicted octanol–water partition coefficient (Wildman–Crippen LogP) is 4.71. The fourth-order valence-electron chi connectivity index (χ4n) is 6.64. The Labute approximate surface area is 217 Å². The first-order valence-corrected chi connectivity index (χ1v) is 13.5. The van der Waals surface area contributed by atoms with Crippen LogP contribution in [0.15, 0.2) is 75.9 Å². The number of likely N-dealkylation sites (tertiary alicyclic amines) is 1. The smallest absolute Gasteiger partial charge is 0.258 e. The van der Waals surface area contributed by atoms with Crippen LogP contribution in [0, 0.1) is 5.92 Å². The van der Waals surface area contributed by atoms with Gasteiger partial charge in [-0.2, -0.15) is 0 Å². The minimum absolute atomic E-state index is 0.160. The summed E-state index contributed by atoms with van der Waals surface area (Å²) in [5.41, 5.74) is 5.41. The van der Waals surface area contributed by atoms with Crippen LogP contribution in [0.5, 0.6) is 0 Å². The molecule has 2 atom stereocenters. The molecule has 0 aliphatic carbocycles. The molecule has 190 valence electrons. The van der Waals surface area contributed by atoms with Crippen molar-refractivity contribution in [1.82, 2.24) is 14.4 Å². The van der Waals surface area contributed by atoms with Gasteiger partial charge in [0.15, 0.2) is 0 Å². The molecule has 5 heterocycles. The van der Waals surface area contributed by atoms with Crippen LogP contribution in [0.1, 0.15) is 29.4 Å². The lowest BCUT2D eigenvalue weighted by molar-refractivity contribution is 0.0342. The van der Waals surface area contributed by atoms with Crippen molar-refractivity contribution in [2.75, 3.05) is 39.4 Å². The maximum atomic E-state index is 13.9. The van der Waals surface area contributed by atoms with E-state index in [9.17, 15) is 4.79 Å². The van der Waals surface area contributed by atoms with Gasteiger partial charge in [-0.15, -0.1) is 0 Å². The van der Waals surface area contributed by atoms with Gasteiger partial charge >= 0.3 is 0 Å². The molecule has 0 unspecified atom stereocenters. The molecule has 3 aliphatic heterocycles. The third-order valence-electron chi connectivity index (χ3n) is 8.34. The van der Waals surface area contributed by atoms with E-state index in [1.54, 1.807) is 0 Å². The van der Waals surface area contributed by atoms with Gasteiger partial charge in [0.05, 0.1) is 19.8 Å². The Balaban J connectivity index is 1.14. The number of benzene rings is 2. The number of hydrogen-bond donors (Lipinski definition) is 0. The van der Waals surface area contributed by atoms with Crippen molar-refractivity contribution in [3.8, 4) is 11.1 Å². The number of ether oxygens (including phenoxy) is 1. The largest absolute Gasteiger partial charge is 0.460 e. The van der Waals surface area contributed by atoms with Crippen molar-refractivity contribution in [3.63, 3.8) is 0 Å². The average molecular weight is 496 g/mol. The number of fused-ring (bicyclic) bond motifs is 5. The number of hydrogen-bond acceptors (Lipinski definition) is 5. The highest BCUT2D eigenvalue weighted by molar-refractivity contribution is 5.77. The molecule has 0 saturated carbocycles. The molecular formula is C31H33N3O3. The van der Waals surface area contributed by atoms with Crippen LogP contribution in [0.3, 0.4) is 0 Å². The number of furan rings is 1. The zero-order chi connectivity index (χ0) is 24.8. The van der Waals surface area contributed by atoms with E-state index in [1.807, 2.05) is 18.2 Å². The number of aromatic nitrogens is 1. The van der Waals surface area contributed by atoms with Crippen LogP contribution < -0.4 is 5.56 Å². The number of para-hydroxylation sites is 1. The summed E-state index contributed by atoms with van der Waals surface area (Å²) in [6.07, 6.45) is 1.16. The zero-order valence-corrected chi connectivity index (χ0v) is 21.1. The van der Waals surface area contributed by atoms with Crippen molar-refractivity contribution in [2.45, 2.75) is 32.0 Å². The minimum atomic E-state index is 0.160. The lowest BCUT2D eigenvalue weighted by atomic mass is 9.82. The molecule has 0 amide bonds. The first-order chi connectivity index (χ1) is 18.2. The van der Waals surface area contributed by atoms with E-state index < -0.39 is 0 Å². The van der Waals surface area contributed by atoms with Gasteiger partial charge in [-0.3, -0.25) is 14.6 Å². The van der Waals surface area contributed by atoms with Gasteiger partial charge in [0.2, 0.25) is 0 Å². The molecule has 37 heavy (non-hydrogen) atoms. The van der Waals surface area contributed by atoms with Gasteiger partial charge in [0, 0.05) is 61.8 Å². The summed E-state index contributed by atoms with van der Waals surface area (Å²) in [7, 11) is 0. The normalized spacial score (nSPS) is 22.3. The molecule has 6 nitrogen and oxygen atoms in total. The van der Waals surface area contributed by atoms with Gasteiger partial charge in [-0.1, -0.05) is 42.5 Å². The molecule has 0 radical (unpaired) electrons. The molecule has 2 aromatic heterocycles. The fraction of sp³-hybridized carbons (Fsp3) is 0.387. The third-order valence-corrected chi connectivity index (χ3v) is 8.34. The summed E-state index contributed by atoms with van der Waals surface area (Å²) in [6, 6.07) is 23.1. The second-order valence-corrected chi connectivity index (χ2v) is 10.9. The Hall–Kier alpha value is -3.19. The molecule has 3 aliphatic rings. The Morgan fingerprint density at radius 3 is 2.54 bits per heavy atom. The van der Waals surface area contributed by atoms with Crippen LogP contribution in [0.2, 0.25) is 0 Å². The summed E-state index contributed by atoms with van der Waals surface area (Å²) >= 11 is 0. The van der Waals surface area contributed by atoms with Crippen molar-refractivity contribution >= 4 is 11.0 Å². The maximum Gasteiger partial charge on any atom is 0.258 e. The lowest BCUT2D eigenvalue weighted by Gasteiger charge is -2.42. The van der Waals surface area contributed by atoms with Crippen molar-refractivity contribution in [2.24, 2.45) is 5.92 Å². The Bertz CT molecular complexity index is 1450. The van der Waals surface area contributed by atoms with Gasteiger partial charge in [-0.05, 0) is 47.7 Å². The van der Waals surface area contributed by atoms with E-state index in [4.69, 9.17) is 9.15 Å². The van der Waals surface area contributed by atoms with Crippen LogP contribution in [0.4, 0.5) is 0 Å². The zero-order valence-electron chi connectivity index (χ0n) is 21.1. The molecule has 2 fully saturated rings. The molecule has 2 saturated heterocycles. The highest BCUT2D eigenvalue weighted by Gasteiger charge is 2.35. The monoisotopic (exact) mass is 495 g/mol. The number of rotatable bonds is 5. The number of piperidine rings is 1. The minimum Gasteiger partial charge on any atom is -0.460 e. The highest BCUT2D eigenvalue weighted by Crippen LogP contribution is 2.37. The molecular weight excluding hydrogens is 462 g/mol. The van der Waals surface area contributed by atoms with E-state index in [2.05, 4.69) is 62.9 Å². The summed E-state index contributed by atoms with van der Waals surface area (Å²) < 4.78 is 13.7. The molecule has 0 spiro atoms. The van der Waals surface area contributed by atoms with E-state index >= 15 is 0 Å². The first kappa shape index (κ1) is 23.0. The fourth-order valence-corrected chi connectivity index (χ4v) is 6.64. The van der Waals surface area contributed by atoms with E-state index in [0.29, 0.717) is 11.8 Å². The summed E-state index contributed by atoms with van der Waals surface area (Å²) in [5.74, 6) is 1.88. The van der Waals surface area contributed by atoms with E-state index in [-0.39, 0.29) is 5.56 Å². The number of morpholine rings is 1. The first-order valence-electron chi connectivity index (χ1n) is 13.5. The van der Waals surface area contributed by atoms with Gasteiger partial charge < -0.3 is 13.7 Å². The van der Waals surface area contributed by atoms with Crippen molar-refractivity contribution < 1.29 is 9.15 Å². The predicted molar refractivity (Wildman–Crippen MR) is 145 cm³/mol. The summed E-state index contributed by atoms with van der Waals surface area (Å²) in [5, 5.41) is 1.16. The standard InChI is InChI=1S/C31H33N3O3/c35-31-28(27-7-3-1-6-24(27)19-32-11-13-36-14-12-32)9-10-29-25-15-22(18-34(29)31)17-33(20-25)21-26-16-23-5-2-4-8-30(23)37-26/h1-10,16,22,25H,11-15,17-21H2/t22-,25+/m0/s1. The molecule has 6 heteroatoms. The Kier molecular flexibility index (Phi) is 5.96. The molecule has 2 aromatic carbocycles. The quantitative estimate of drug-likeness (QED) is 0.401. The second-order valence-electron chi connectivity index (χ2n) is 10.9. The van der Waals surface area contributed by atoms with Crippen LogP contribution in [-0.2, 0) is 24.4 Å². The highest BCUT2D eigenvalue weighted by atomic mass is 16.5. The van der Waals surface area contributed by atoms with Crippen molar-refractivity contribution in [1.29, 1.82) is 0 Å². The molecule has 4 aromatic rings. The Morgan fingerprint density at radius 2 is 1.65 bits per heavy atom. The van der Waals surface area contributed by atoms with E-state index in [0.717, 1.165) is 93.3 Å². The maximum absolute atomic E-state index is 13.9. The number of nitrogens with zero attached hydrogens (tertiary/aromatic N) is 3. The van der Waals surface area contributed by atoms with Gasteiger partial charge in [0.25, 0.3) is 5.56 Å². The molecule has 2 bridgehead atoms. The van der Waals surface area contributed by atoms with E-state index in [1.165, 1.54) is 11.3 Å². The lowest BCUT2D eigenvalue weighted by Crippen LogP contribution is -2.46. The molecule has 7 rings (SSSR count). The second kappa shape index (κ2) is 9.60. The Morgan fingerprint density at radius 1 is 0.811 bits per heavy atom. The van der Waals surface area contributed by atoms with Gasteiger partial charge in [0.1, 0.15) is 11.3 Å². The van der Waals surface area contributed by atoms with Crippen LogP contribution >= 0.6 is 0 Å². The van der Waals surface area contributed by atoms with Crippen LogP contribution in [0.25, 0.3) is 22.1 Å². The average Bonchev–Trinajstić information content (AvgIpc) is 3.33. The molecule has 0 N–H and O–H groups in total. The topological polar surface area (TPSA) is 50.9 Å². The SMILES string of the molecule is O=c1c(-c2ccccc2CN2CCOCC2)ccc2n1C[C@H]1C[C@@H]2CN(Cc2cc3ccccc3o2)C1. The third kappa shape index (κ3) is 4.43. The van der Waals surface area contributed by atoms with Gasteiger partial charge in [-0.25, -0.2) is 0 Å².